The fourth-order valence-corrected chi connectivity index (χ4v) is 2.08. The van der Waals surface area contributed by atoms with Gasteiger partial charge in [-0.3, -0.25) is 0 Å². The summed E-state index contributed by atoms with van der Waals surface area (Å²) in [5, 5.41) is 9.99. The van der Waals surface area contributed by atoms with Crippen LogP contribution in [0, 0.1) is 6.92 Å². The van der Waals surface area contributed by atoms with Crippen LogP contribution < -0.4 is 4.90 Å². The predicted molar refractivity (Wildman–Crippen MR) is 72.9 cm³/mol. The van der Waals surface area contributed by atoms with Gasteiger partial charge < -0.3 is 14.4 Å². The number of aryl methyl sites for hydroxylation is 1. The monoisotopic (exact) mass is 265 g/mol. The van der Waals surface area contributed by atoms with Gasteiger partial charge >= 0.3 is 0 Å². The van der Waals surface area contributed by atoms with Crippen molar-refractivity contribution in [1.29, 1.82) is 0 Å². The highest BCUT2D eigenvalue weighted by molar-refractivity contribution is 6.30. The molecule has 0 aliphatic carbocycles. The lowest BCUT2D eigenvalue weighted by atomic mass is 10.1. The van der Waals surface area contributed by atoms with Gasteiger partial charge in [0.05, 0.1) is 13.2 Å². The van der Waals surface area contributed by atoms with Gasteiger partial charge in [0, 0.05) is 23.3 Å². The van der Waals surface area contributed by atoms with Crippen molar-refractivity contribution >= 4 is 17.3 Å². The minimum Gasteiger partial charge on any atom is -0.464 e. The third-order valence-electron chi connectivity index (χ3n) is 2.82. The molecule has 0 bridgehead atoms. The van der Waals surface area contributed by atoms with Gasteiger partial charge in [0.1, 0.15) is 11.5 Å². The number of aliphatic hydroxyl groups excluding tert-OH is 1. The molecule has 0 saturated heterocycles. The van der Waals surface area contributed by atoms with Gasteiger partial charge in [-0.05, 0) is 31.2 Å². The highest BCUT2D eigenvalue weighted by Crippen LogP contribution is 2.25. The number of furan rings is 1. The third-order valence-corrected chi connectivity index (χ3v) is 3.05. The quantitative estimate of drug-likeness (QED) is 0.921. The van der Waals surface area contributed by atoms with Crippen molar-refractivity contribution in [2.24, 2.45) is 0 Å². The number of hydrogen-bond acceptors (Lipinski definition) is 3. The number of benzene rings is 1. The second-order valence-electron chi connectivity index (χ2n) is 4.30. The number of nitrogens with zero attached hydrogens (tertiary/aromatic N) is 1. The smallest absolute Gasteiger partial charge is 0.123 e. The van der Waals surface area contributed by atoms with E-state index in [1.165, 1.54) is 0 Å². The van der Waals surface area contributed by atoms with Crippen LogP contribution in [-0.2, 0) is 13.2 Å². The van der Waals surface area contributed by atoms with E-state index in [1.807, 2.05) is 43.1 Å². The van der Waals surface area contributed by atoms with Gasteiger partial charge in [-0.25, -0.2) is 0 Å². The number of anilines is 1. The lowest BCUT2D eigenvalue weighted by Gasteiger charge is -2.21. The molecule has 2 aromatic rings. The van der Waals surface area contributed by atoms with Crippen LogP contribution in [0.15, 0.2) is 34.7 Å². The van der Waals surface area contributed by atoms with Crippen LogP contribution in [0.3, 0.4) is 0 Å². The van der Waals surface area contributed by atoms with E-state index >= 15 is 0 Å². The Morgan fingerprint density at radius 3 is 2.67 bits per heavy atom. The van der Waals surface area contributed by atoms with E-state index in [-0.39, 0.29) is 6.61 Å². The normalized spacial score (nSPS) is 10.7. The van der Waals surface area contributed by atoms with Crippen LogP contribution in [0.5, 0.6) is 0 Å². The molecule has 1 aromatic heterocycles. The Balaban J connectivity index is 2.22. The van der Waals surface area contributed by atoms with Crippen LogP contribution in [0.1, 0.15) is 17.1 Å². The molecular weight excluding hydrogens is 250 g/mol. The molecule has 0 aliphatic heterocycles. The molecule has 2 rings (SSSR count). The summed E-state index contributed by atoms with van der Waals surface area (Å²) in [7, 11) is 1.95. The molecule has 1 heterocycles. The zero-order valence-corrected chi connectivity index (χ0v) is 11.2. The molecule has 0 saturated carbocycles. The van der Waals surface area contributed by atoms with E-state index in [2.05, 4.69) is 0 Å². The Hall–Kier alpha value is -1.45. The molecule has 0 fully saturated rings. The van der Waals surface area contributed by atoms with E-state index in [0.29, 0.717) is 11.6 Å². The van der Waals surface area contributed by atoms with E-state index in [9.17, 15) is 5.11 Å². The molecule has 96 valence electrons. The maximum absolute atomic E-state index is 9.34. The second kappa shape index (κ2) is 5.46. The minimum atomic E-state index is -0.00593. The third kappa shape index (κ3) is 2.86. The molecule has 3 nitrogen and oxygen atoms in total. The minimum absolute atomic E-state index is 0.00593. The Bertz CT molecular complexity index is 536. The van der Waals surface area contributed by atoms with Crippen LogP contribution in [0.25, 0.3) is 0 Å². The molecule has 0 unspecified atom stereocenters. The van der Waals surface area contributed by atoms with Crippen molar-refractivity contribution < 1.29 is 9.52 Å². The van der Waals surface area contributed by atoms with Crippen molar-refractivity contribution in [3.8, 4) is 0 Å². The molecule has 18 heavy (non-hydrogen) atoms. The summed E-state index contributed by atoms with van der Waals surface area (Å²) in [5.74, 6) is 1.78. The van der Waals surface area contributed by atoms with Crippen LogP contribution in [-0.4, -0.2) is 12.2 Å². The van der Waals surface area contributed by atoms with Gasteiger partial charge in [0.2, 0.25) is 0 Å². The molecule has 4 heteroatoms. The molecule has 0 spiro atoms. The zero-order valence-electron chi connectivity index (χ0n) is 10.5. The first-order valence-corrected chi connectivity index (χ1v) is 6.13. The fraction of sp³-hybridized carbons (Fsp3) is 0.286. The molecule has 0 radical (unpaired) electrons. The summed E-state index contributed by atoms with van der Waals surface area (Å²) in [5.41, 5.74) is 1.77. The Morgan fingerprint density at radius 1 is 1.28 bits per heavy atom. The first kappa shape index (κ1) is 13.0. The number of rotatable bonds is 4. The lowest BCUT2D eigenvalue weighted by molar-refractivity contribution is 0.282. The fourth-order valence-electron chi connectivity index (χ4n) is 1.92. The average Bonchev–Trinajstić information content (AvgIpc) is 2.74. The molecule has 1 N–H and O–H groups in total. The van der Waals surface area contributed by atoms with E-state index in [4.69, 9.17) is 16.0 Å². The first-order valence-electron chi connectivity index (χ1n) is 5.76. The van der Waals surface area contributed by atoms with Gasteiger partial charge in [0.25, 0.3) is 0 Å². The summed E-state index contributed by atoms with van der Waals surface area (Å²) in [6.45, 7) is 2.55. The molecular formula is C14H16ClNO2. The molecule has 0 amide bonds. The maximum atomic E-state index is 9.34. The Labute approximate surface area is 112 Å². The molecule has 0 aliphatic rings. The maximum Gasteiger partial charge on any atom is 0.123 e. The summed E-state index contributed by atoms with van der Waals surface area (Å²) in [4.78, 5) is 2.01. The largest absolute Gasteiger partial charge is 0.464 e. The standard InChI is InChI=1S/C14H16ClNO2/c1-10-3-6-13(18-10)8-16(2)14-7-12(15)5-4-11(14)9-17/h3-7,17H,8-9H2,1-2H3. The highest BCUT2D eigenvalue weighted by atomic mass is 35.5. The summed E-state index contributed by atoms with van der Waals surface area (Å²) in [6, 6.07) is 9.36. The van der Waals surface area contributed by atoms with Crippen molar-refractivity contribution in [2.75, 3.05) is 11.9 Å². The van der Waals surface area contributed by atoms with E-state index < -0.39 is 0 Å². The van der Waals surface area contributed by atoms with E-state index in [1.54, 1.807) is 6.07 Å². The Morgan fingerprint density at radius 2 is 2.06 bits per heavy atom. The van der Waals surface area contributed by atoms with Gasteiger partial charge in [-0.15, -0.1) is 0 Å². The van der Waals surface area contributed by atoms with Crippen molar-refractivity contribution in [3.05, 3.63) is 52.4 Å². The van der Waals surface area contributed by atoms with Crippen molar-refractivity contribution in [3.63, 3.8) is 0 Å². The van der Waals surface area contributed by atoms with Gasteiger partial charge in [-0.1, -0.05) is 17.7 Å². The van der Waals surface area contributed by atoms with Crippen molar-refractivity contribution in [2.45, 2.75) is 20.1 Å². The number of hydrogen-bond donors (Lipinski definition) is 1. The van der Waals surface area contributed by atoms with Crippen LogP contribution in [0.2, 0.25) is 5.02 Å². The molecule has 1 aromatic carbocycles. The lowest BCUT2D eigenvalue weighted by Crippen LogP contribution is -2.17. The first-order chi connectivity index (χ1) is 8.60. The SMILES string of the molecule is Cc1ccc(CN(C)c2cc(Cl)ccc2CO)o1. The van der Waals surface area contributed by atoms with Gasteiger partial charge in [-0.2, -0.15) is 0 Å². The highest BCUT2D eigenvalue weighted by Gasteiger charge is 2.10. The zero-order chi connectivity index (χ0) is 13.1. The summed E-state index contributed by atoms with van der Waals surface area (Å²) >= 11 is 5.99. The van der Waals surface area contributed by atoms with Crippen LogP contribution in [0.4, 0.5) is 5.69 Å². The Kier molecular flexibility index (Phi) is 3.94. The number of halogens is 1. The average molecular weight is 266 g/mol. The summed E-state index contributed by atoms with van der Waals surface area (Å²) in [6.07, 6.45) is 0. The topological polar surface area (TPSA) is 36.6 Å². The van der Waals surface area contributed by atoms with Gasteiger partial charge in [0.15, 0.2) is 0 Å². The summed E-state index contributed by atoms with van der Waals surface area (Å²) < 4.78 is 5.54. The second-order valence-corrected chi connectivity index (χ2v) is 4.74. The molecule has 0 atom stereocenters. The van der Waals surface area contributed by atoms with Crippen molar-refractivity contribution in [1.82, 2.24) is 0 Å². The van der Waals surface area contributed by atoms with E-state index in [0.717, 1.165) is 22.8 Å². The van der Waals surface area contributed by atoms with Crippen LogP contribution >= 0.6 is 11.6 Å². The number of aliphatic hydroxyl groups is 1. The predicted octanol–water partition coefficient (Wildman–Crippen LogP) is 3.37.